The molecule has 88 valence electrons. The van der Waals surface area contributed by atoms with Crippen molar-refractivity contribution in [3.63, 3.8) is 0 Å². The van der Waals surface area contributed by atoms with Crippen molar-refractivity contribution in [2.75, 3.05) is 13.7 Å². The number of esters is 1. The zero-order valence-electron chi connectivity index (χ0n) is 10.3. The van der Waals surface area contributed by atoms with E-state index < -0.39 is 0 Å². The fraction of sp³-hybridized carbons (Fsp3) is 0.462. The van der Waals surface area contributed by atoms with Crippen LogP contribution in [0.15, 0.2) is 12.1 Å². The molecule has 1 aromatic carbocycles. The first-order valence-corrected chi connectivity index (χ1v) is 5.38. The van der Waals surface area contributed by atoms with Gasteiger partial charge in [-0.05, 0) is 38.0 Å². The van der Waals surface area contributed by atoms with Crippen LogP contribution in [0.1, 0.15) is 23.6 Å². The minimum absolute atomic E-state index is 0.218. The lowest BCUT2D eigenvalue weighted by atomic mass is 10.0. The normalized spacial score (nSPS) is 10.0. The first-order chi connectivity index (χ1) is 7.58. The second-order valence-electron chi connectivity index (χ2n) is 3.73. The Kier molecular flexibility index (Phi) is 4.35. The van der Waals surface area contributed by atoms with Crippen LogP contribution in [-0.2, 0) is 16.0 Å². The molecule has 0 heterocycles. The highest BCUT2D eigenvalue weighted by Crippen LogP contribution is 2.23. The van der Waals surface area contributed by atoms with Crippen molar-refractivity contribution in [3.8, 4) is 5.75 Å². The Morgan fingerprint density at radius 3 is 2.44 bits per heavy atom. The number of hydrogen-bond acceptors (Lipinski definition) is 3. The molecule has 1 rings (SSSR count). The molecule has 0 saturated carbocycles. The molecular formula is C13H18O3. The lowest BCUT2D eigenvalue weighted by molar-refractivity contribution is -0.142. The number of methoxy groups -OCH3 is 1. The summed E-state index contributed by atoms with van der Waals surface area (Å²) in [7, 11) is 1.61. The zero-order valence-corrected chi connectivity index (χ0v) is 10.3. The van der Waals surface area contributed by atoms with Crippen molar-refractivity contribution >= 4 is 5.97 Å². The number of benzene rings is 1. The highest BCUT2D eigenvalue weighted by Gasteiger charge is 2.10. The van der Waals surface area contributed by atoms with Crippen molar-refractivity contribution in [1.29, 1.82) is 0 Å². The summed E-state index contributed by atoms with van der Waals surface area (Å²) in [4.78, 5) is 11.4. The Labute approximate surface area is 96.4 Å². The fourth-order valence-electron chi connectivity index (χ4n) is 1.55. The molecule has 0 aliphatic rings. The van der Waals surface area contributed by atoms with E-state index in [2.05, 4.69) is 0 Å². The summed E-state index contributed by atoms with van der Waals surface area (Å²) >= 11 is 0. The van der Waals surface area contributed by atoms with Crippen LogP contribution >= 0.6 is 0 Å². The van der Waals surface area contributed by atoms with Crippen LogP contribution in [0.2, 0.25) is 0 Å². The molecule has 0 aliphatic carbocycles. The van der Waals surface area contributed by atoms with Crippen LogP contribution in [0.5, 0.6) is 5.75 Å². The van der Waals surface area contributed by atoms with Crippen molar-refractivity contribution in [1.82, 2.24) is 0 Å². The predicted molar refractivity (Wildman–Crippen MR) is 62.8 cm³/mol. The molecule has 0 fully saturated rings. The van der Waals surface area contributed by atoms with Crippen molar-refractivity contribution in [3.05, 3.63) is 28.8 Å². The summed E-state index contributed by atoms with van der Waals surface area (Å²) in [5.41, 5.74) is 3.19. The number of aryl methyl sites for hydroxylation is 2. The molecule has 3 nitrogen and oxygen atoms in total. The van der Waals surface area contributed by atoms with Gasteiger partial charge in [-0.2, -0.15) is 0 Å². The third kappa shape index (κ3) is 2.99. The summed E-state index contributed by atoms with van der Waals surface area (Å²) in [5, 5.41) is 0. The molecule has 3 heteroatoms. The van der Waals surface area contributed by atoms with Gasteiger partial charge in [-0.25, -0.2) is 0 Å². The third-order valence-electron chi connectivity index (χ3n) is 2.54. The number of hydrogen-bond donors (Lipinski definition) is 0. The van der Waals surface area contributed by atoms with E-state index in [1.807, 2.05) is 26.0 Å². The van der Waals surface area contributed by atoms with E-state index in [1.54, 1.807) is 14.0 Å². The molecule has 0 amide bonds. The molecule has 0 radical (unpaired) electrons. The molecule has 0 aromatic heterocycles. The average molecular weight is 222 g/mol. The van der Waals surface area contributed by atoms with Gasteiger partial charge in [-0.3, -0.25) is 4.79 Å². The van der Waals surface area contributed by atoms with Crippen molar-refractivity contribution in [2.24, 2.45) is 0 Å². The maximum atomic E-state index is 11.4. The monoisotopic (exact) mass is 222 g/mol. The van der Waals surface area contributed by atoms with Crippen LogP contribution in [-0.4, -0.2) is 19.7 Å². The van der Waals surface area contributed by atoms with E-state index in [0.29, 0.717) is 6.61 Å². The second-order valence-corrected chi connectivity index (χ2v) is 3.73. The van der Waals surface area contributed by atoms with E-state index in [1.165, 1.54) is 0 Å². The molecule has 0 spiro atoms. The molecular weight excluding hydrogens is 204 g/mol. The minimum atomic E-state index is -0.218. The predicted octanol–water partition coefficient (Wildman–Crippen LogP) is 2.42. The quantitative estimate of drug-likeness (QED) is 0.734. The van der Waals surface area contributed by atoms with Gasteiger partial charge in [0, 0.05) is 5.56 Å². The van der Waals surface area contributed by atoms with Gasteiger partial charge in [0.1, 0.15) is 5.75 Å². The first kappa shape index (κ1) is 12.6. The van der Waals surface area contributed by atoms with E-state index in [4.69, 9.17) is 9.47 Å². The molecule has 16 heavy (non-hydrogen) atoms. The Morgan fingerprint density at radius 2 is 1.88 bits per heavy atom. The van der Waals surface area contributed by atoms with Gasteiger partial charge in [-0.15, -0.1) is 0 Å². The maximum Gasteiger partial charge on any atom is 0.310 e. The van der Waals surface area contributed by atoms with E-state index in [0.717, 1.165) is 22.4 Å². The Bertz CT molecular complexity index is 383. The van der Waals surface area contributed by atoms with Gasteiger partial charge in [0.15, 0.2) is 0 Å². The summed E-state index contributed by atoms with van der Waals surface area (Å²) in [6.07, 6.45) is 0.262. The highest BCUT2D eigenvalue weighted by molar-refractivity contribution is 5.73. The number of carbonyl (C=O) groups excluding carboxylic acids is 1. The standard InChI is InChI=1S/C13H18O3/c1-5-16-13(14)8-11-6-9(2)10(3)7-12(11)15-4/h6-7H,5,8H2,1-4H3. The van der Waals surface area contributed by atoms with Gasteiger partial charge in [0.05, 0.1) is 20.1 Å². The number of carbonyl (C=O) groups is 1. The average Bonchev–Trinajstić information content (AvgIpc) is 2.23. The summed E-state index contributed by atoms with van der Waals surface area (Å²) in [6.45, 7) is 6.25. The zero-order chi connectivity index (χ0) is 12.1. The van der Waals surface area contributed by atoms with Crippen LogP contribution in [0.3, 0.4) is 0 Å². The van der Waals surface area contributed by atoms with E-state index in [9.17, 15) is 4.79 Å². The Hall–Kier alpha value is -1.51. The topological polar surface area (TPSA) is 35.5 Å². The van der Waals surface area contributed by atoms with Crippen LogP contribution in [0.25, 0.3) is 0 Å². The molecule has 1 aromatic rings. The van der Waals surface area contributed by atoms with Crippen LogP contribution in [0, 0.1) is 13.8 Å². The first-order valence-electron chi connectivity index (χ1n) is 5.38. The highest BCUT2D eigenvalue weighted by atomic mass is 16.5. The molecule has 0 atom stereocenters. The van der Waals surface area contributed by atoms with Gasteiger partial charge < -0.3 is 9.47 Å². The minimum Gasteiger partial charge on any atom is -0.496 e. The summed E-state index contributed by atoms with van der Waals surface area (Å²) in [6, 6.07) is 3.93. The molecule has 0 unspecified atom stereocenters. The third-order valence-corrected chi connectivity index (χ3v) is 2.54. The molecule has 0 bridgehead atoms. The molecule has 0 saturated heterocycles. The van der Waals surface area contributed by atoms with Gasteiger partial charge in [0.2, 0.25) is 0 Å². The molecule has 0 aliphatic heterocycles. The lowest BCUT2D eigenvalue weighted by Crippen LogP contribution is -2.09. The van der Waals surface area contributed by atoms with Crippen LogP contribution < -0.4 is 4.74 Å². The lowest BCUT2D eigenvalue weighted by Gasteiger charge is -2.11. The van der Waals surface area contributed by atoms with Gasteiger partial charge in [0.25, 0.3) is 0 Å². The smallest absolute Gasteiger partial charge is 0.310 e. The maximum absolute atomic E-state index is 11.4. The fourth-order valence-corrected chi connectivity index (χ4v) is 1.55. The Balaban J connectivity index is 2.94. The van der Waals surface area contributed by atoms with Crippen LogP contribution in [0.4, 0.5) is 0 Å². The Morgan fingerprint density at radius 1 is 1.25 bits per heavy atom. The molecule has 0 N–H and O–H groups in total. The van der Waals surface area contributed by atoms with E-state index in [-0.39, 0.29) is 12.4 Å². The van der Waals surface area contributed by atoms with Gasteiger partial charge >= 0.3 is 5.97 Å². The second kappa shape index (κ2) is 5.54. The van der Waals surface area contributed by atoms with E-state index >= 15 is 0 Å². The SMILES string of the molecule is CCOC(=O)Cc1cc(C)c(C)cc1OC. The number of ether oxygens (including phenoxy) is 2. The summed E-state index contributed by atoms with van der Waals surface area (Å²) in [5.74, 6) is 0.528. The number of rotatable bonds is 4. The summed E-state index contributed by atoms with van der Waals surface area (Å²) < 4.78 is 10.2. The van der Waals surface area contributed by atoms with Crippen molar-refractivity contribution in [2.45, 2.75) is 27.2 Å². The van der Waals surface area contributed by atoms with Gasteiger partial charge in [-0.1, -0.05) is 6.07 Å². The van der Waals surface area contributed by atoms with Crippen molar-refractivity contribution < 1.29 is 14.3 Å². The largest absolute Gasteiger partial charge is 0.496 e.